The number of carbonyl (C=O) groups excluding carboxylic acids is 1. The van der Waals surface area contributed by atoms with Gasteiger partial charge in [-0.3, -0.25) is 14.6 Å². The fraction of sp³-hybridized carbons (Fsp3) is 0.400. The van der Waals surface area contributed by atoms with Gasteiger partial charge in [-0.05, 0) is 31.7 Å². The van der Waals surface area contributed by atoms with Crippen LogP contribution in [0.2, 0.25) is 0 Å². The van der Waals surface area contributed by atoms with Crippen molar-refractivity contribution in [1.29, 1.82) is 0 Å². The number of nitrogens with one attached hydrogen (secondary N) is 1. The first-order valence-corrected chi connectivity index (χ1v) is 9.52. The zero-order chi connectivity index (χ0) is 18.6. The number of aromatic nitrogens is 5. The van der Waals surface area contributed by atoms with Gasteiger partial charge in [-0.25, -0.2) is 4.98 Å². The van der Waals surface area contributed by atoms with Gasteiger partial charge < -0.3 is 4.90 Å². The Kier molecular flexibility index (Phi) is 5.00. The third-order valence-corrected chi connectivity index (χ3v) is 5.13. The van der Waals surface area contributed by atoms with E-state index in [4.69, 9.17) is 0 Å². The molecule has 4 rings (SSSR count). The Bertz CT molecular complexity index is 892. The predicted molar refractivity (Wildman–Crippen MR) is 102 cm³/mol. The zero-order valence-corrected chi connectivity index (χ0v) is 15.5. The van der Waals surface area contributed by atoms with Crippen molar-refractivity contribution in [3.05, 3.63) is 54.1 Å². The molecule has 0 bridgehead atoms. The van der Waals surface area contributed by atoms with E-state index in [1.165, 1.54) is 0 Å². The number of piperidine rings is 1. The zero-order valence-electron chi connectivity index (χ0n) is 15.5. The molecule has 3 heterocycles. The van der Waals surface area contributed by atoms with Gasteiger partial charge in [0.15, 0.2) is 5.82 Å². The molecule has 7 heteroatoms. The minimum Gasteiger partial charge on any atom is -0.337 e. The molecule has 0 aliphatic carbocycles. The molecule has 3 aromatic rings. The highest BCUT2D eigenvalue weighted by Crippen LogP contribution is 2.22. The van der Waals surface area contributed by atoms with Crippen molar-refractivity contribution >= 4 is 5.91 Å². The van der Waals surface area contributed by atoms with E-state index in [1.54, 1.807) is 10.7 Å². The summed E-state index contributed by atoms with van der Waals surface area (Å²) in [4.78, 5) is 19.1. The van der Waals surface area contributed by atoms with E-state index < -0.39 is 0 Å². The summed E-state index contributed by atoms with van der Waals surface area (Å²) in [6.45, 7) is 4.32. The topological polar surface area (TPSA) is 79.7 Å². The van der Waals surface area contributed by atoms with Crippen LogP contribution < -0.4 is 0 Å². The number of H-pyrrole nitrogens is 1. The fourth-order valence-electron chi connectivity index (χ4n) is 3.53. The normalized spacial score (nSPS) is 15.2. The number of nitrogens with zero attached hydrogens (tertiary/aromatic N) is 5. The van der Waals surface area contributed by atoms with E-state index in [0.717, 1.165) is 56.1 Å². The fourth-order valence-corrected chi connectivity index (χ4v) is 3.53. The van der Waals surface area contributed by atoms with Crippen molar-refractivity contribution in [2.75, 3.05) is 13.1 Å². The first kappa shape index (κ1) is 17.5. The number of carbonyl (C=O) groups is 1. The highest BCUT2D eigenvalue weighted by Gasteiger charge is 2.25. The van der Waals surface area contributed by atoms with Crippen LogP contribution in [-0.4, -0.2) is 48.9 Å². The third kappa shape index (κ3) is 3.92. The molecule has 140 valence electrons. The Balaban J connectivity index is 1.32. The van der Waals surface area contributed by atoms with Crippen molar-refractivity contribution in [1.82, 2.24) is 29.9 Å². The molecule has 1 fully saturated rings. The van der Waals surface area contributed by atoms with Gasteiger partial charge in [0, 0.05) is 37.8 Å². The number of amides is 1. The van der Waals surface area contributed by atoms with Crippen LogP contribution in [0, 0.1) is 5.92 Å². The Morgan fingerprint density at radius 2 is 1.96 bits per heavy atom. The largest absolute Gasteiger partial charge is 0.337 e. The molecule has 1 amide bonds. The van der Waals surface area contributed by atoms with Gasteiger partial charge in [0.25, 0.3) is 5.91 Å². The number of rotatable bonds is 5. The first-order chi connectivity index (χ1) is 13.2. The lowest BCUT2D eigenvalue weighted by atomic mass is 9.93. The summed E-state index contributed by atoms with van der Waals surface area (Å²) in [5.74, 6) is 2.20. The standard InChI is InChI=1S/C20H24N6O/c1-2-26-13-10-17(24-26)20(27)25-11-8-15(9-12-25)14-18-21-19(23-22-18)16-6-4-3-5-7-16/h3-7,10,13,15H,2,8-9,11-12,14H2,1H3,(H,21,22,23). The molecule has 0 atom stereocenters. The second kappa shape index (κ2) is 7.73. The lowest BCUT2D eigenvalue weighted by molar-refractivity contribution is 0.0683. The van der Waals surface area contributed by atoms with E-state index in [2.05, 4.69) is 20.3 Å². The molecule has 1 aromatic carbocycles. The van der Waals surface area contributed by atoms with Crippen molar-refractivity contribution in [3.63, 3.8) is 0 Å². The number of benzene rings is 1. The summed E-state index contributed by atoms with van der Waals surface area (Å²) in [5, 5.41) is 11.7. The predicted octanol–water partition coefficient (Wildman–Crippen LogP) is 2.78. The lowest BCUT2D eigenvalue weighted by Gasteiger charge is -2.31. The molecule has 1 aliphatic heterocycles. The van der Waals surface area contributed by atoms with Crippen LogP contribution in [0.1, 0.15) is 36.1 Å². The third-order valence-electron chi connectivity index (χ3n) is 5.13. The number of likely N-dealkylation sites (tertiary alicyclic amines) is 1. The van der Waals surface area contributed by atoms with Crippen LogP contribution in [-0.2, 0) is 13.0 Å². The van der Waals surface area contributed by atoms with Gasteiger partial charge in [0.05, 0.1) is 0 Å². The van der Waals surface area contributed by atoms with Crippen molar-refractivity contribution in [2.24, 2.45) is 5.92 Å². The maximum absolute atomic E-state index is 12.6. The van der Waals surface area contributed by atoms with E-state index >= 15 is 0 Å². The van der Waals surface area contributed by atoms with Gasteiger partial charge in [-0.15, -0.1) is 0 Å². The molecule has 1 aliphatic rings. The molecular weight excluding hydrogens is 340 g/mol. The van der Waals surface area contributed by atoms with Crippen LogP contribution in [0.15, 0.2) is 42.6 Å². The van der Waals surface area contributed by atoms with Gasteiger partial charge in [0.1, 0.15) is 11.5 Å². The molecule has 0 saturated carbocycles. The van der Waals surface area contributed by atoms with Crippen LogP contribution in [0.3, 0.4) is 0 Å². The highest BCUT2D eigenvalue weighted by atomic mass is 16.2. The maximum Gasteiger partial charge on any atom is 0.274 e. The van der Waals surface area contributed by atoms with Gasteiger partial charge in [0.2, 0.25) is 0 Å². The summed E-state index contributed by atoms with van der Waals surface area (Å²) in [7, 11) is 0. The quantitative estimate of drug-likeness (QED) is 0.755. The lowest BCUT2D eigenvalue weighted by Crippen LogP contribution is -2.39. The molecule has 1 N–H and O–H groups in total. The van der Waals surface area contributed by atoms with Crippen LogP contribution in [0.5, 0.6) is 0 Å². The number of hydrogen-bond acceptors (Lipinski definition) is 4. The smallest absolute Gasteiger partial charge is 0.274 e. The second-order valence-electron chi connectivity index (χ2n) is 6.97. The second-order valence-corrected chi connectivity index (χ2v) is 6.97. The molecule has 0 spiro atoms. The van der Waals surface area contributed by atoms with Crippen molar-refractivity contribution in [3.8, 4) is 11.4 Å². The SMILES string of the molecule is CCn1ccc(C(=O)N2CCC(Cc3nc(-c4ccccc4)n[nH]3)CC2)n1. The van der Waals surface area contributed by atoms with Crippen LogP contribution >= 0.6 is 0 Å². The van der Waals surface area contributed by atoms with Gasteiger partial charge >= 0.3 is 0 Å². The minimum atomic E-state index is 0.0340. The molecule has 0 radical (unpaired) electrons. The highest BCUT2D eigenvalue weighted by molar-refractivity contribution is 5.92. The molecular formula is C20H24N6O. The molecule has 27 heavy (non-hydrogen) atoms. The summed E-state index contributed by atoms with van der Waals surface area (Å²) in [6, 6.07) is 11.8. The van der Waals surface area contributed by atoms with Crippen LogP contribution in [0.25, 0.3) is 11.4 Å². The van der Waals surface area contributed by atoms with Crippen molar-refractivity contribution in [2.45, 2.75) is 32.7 Å². The van der Waals surface area contributed by atoms with E-state index in [-0.39, 0.29) is 5.91 Å². The molecule has 2 aromatic heterocycles. The van der Waals surface area contributed by atoms with Crippen molar-refractivity contribution < 1.29 is 4.79 Å². The average molecular weight is 364 g/mol. The van der Waals surface area contributed by atoms with Crippen LogP contribution in [0.4, 0.5) is 0 Å². The monoisotopic (exact) mass is 364 g/mol. The summed E-state index contributed by atoms with van der Waals surface area (Å²) >= 11 is 0. The first-order valence-electron chi connectivity index (χ1n) is 9.52. The maximum atomic E-state index is 12.6. The van der Waals surface area contributed by atoms with Gasteiger partial charge in [-0.1, -0.05) is 30.3 Å². The number of aryl methyl sites for hydroxylation is 1. The summed E-state index contributed by atoms with van der Waals surface area (Å²) < 4.78 is 1.79. The Morgan fingerprint density at radius 3 is 2.67 bits per heavy atom. The average Bonchev–Trinajstić information content (AvgIpc) is 3.38. The molecule has 0 unspecified atom stereocenters. The minimum absolute atomic E-state index is 0.0340. The Morgan fingerprint density at radius 1 is 1.19 bits per heavy atom. The Hall–Kier alpha value is -2.96. The van der Waals surface area contributed by atoms with E-state index in [1.807, 2.05) is 48.4 Å². The van der Waals surface area contributed by atoms with E-state index in [0.29, 0.717) is 11.6 Å². The van der Waals surface area contributed by atoms with Gasteiger partial charge in [-0.2, -0.15) is 10.2 Å². The Labute approximate surface area is 158 Å². The summed E-state index contributed by atoms with van der Waals surface area (Å²) in [6.07, 6.45) is 4.67. The number of hydrogen-bond donors (Lipinski definition) is 1. The molecule has 1 saturated heterocycles. The summed E-state index contributed by atoms with van der Waals surface area (Å²) in [5.41, 5.74) is 1.56. The number of aromatic amines is 1. The molecule has 7 nitrogen and oxygen atoms in total. The van der Waals surface area contributed by atoms with E-state index in [9.17, 15) is 4.79 Å².